The van der Waals surface area contributed by atoms with Crippen LogP contribution in [0.1, 0.15) is 17.2 Å². The molecular weight excluding hydrogens is 479 g/mol. The number of hydrogen-bond donors (Lipinski definition) is 1. The van der Waals surface area contributed by atoms with Gasteiger partial charge in [-0.1, -0.05) is 36.4 Å². The van der Waals surface area contributed by atoms with Crippen LogP contribution in [0.4, 0.5) is 10.1 Å². The lowest BCUT2D eigenvalue weighted by Gasteiger charge is -2.33. The van der Waals surface area contributed by atoms with Crippen LogP contribution >= 0.6 is 0 Å². The van der Waals surface area contributed by atoms with Gasteiger partial charge in [0, 0.05) is 17.7 Å². The van der Waals surface area contributed by atoms with Gasteiger partial charge in [0.25, 0.3) is 0 Å². The summed E-state index contributed by atoms with van der Waals surface area (Å²) >= 11 is 0. The molecule has 37 heavy (non-hydrogen) atoms. The van der Waals surface area contributed by atoms with Gasteiger partial charge in [-0.25, -0.2) is 14.1 Å². The first-order valence-electron chi connectivity index (χ1n) is 11.6. The molecule has 5 rings (SSSR count). The third-order valence-corrected chi connectivity index (χ3v) is 7.16. The molecule has 3 aromatic rings. The Morgan fingerprint density at radius 2 is 1.62 bits per heavy atom. The van der Waals surface area contributed by atoms with Gasteiger partial charge in [0.15, 0.2) is 5.54 Å². The highest BCUT2D eigenvalue weighted by Gasteiger charge is 2.70. The number of rotatable bonds is 6. The van der Waals surface area contributed by atoms with Crippen LogP contribution in [0.3, 0.4) is 0 Å². The summed E-state index contributed by atoms with van der Waals surface area (Å²) in [4.78, 5) is 42.6. The average molecular weight is 505 g/mol. The molecule has 1 N–H and O–H groups in total. The highest BCUT2D eigenvalue weighted by molar-refractivity contribution is 6.24. The lowest BCUT2D eigenvalue weighted by atomic mass is 9.75. The molecule has 0 radical (unpaired) electrons. The SMILES string of the molecule is COC(=O)[C@]1(c2ccccc2)N[C@H](c2ccc(OC)cc2OC)[C@H]2C(=O)N(c3ccc(F)cc3)C(=O)[C@H]21. The minimum atomic E-state index is -1.67. The summed E-state index contributed by atoms with van der Waals surface area (Å²) in [5.74, 6) is -3.47. The number of amides is 2. The Morgan fingerprint density at radius 3 is 2.24 bits per heavy atom. The van der Waals surface area contributed by atoms with Gasteiger partial charge in [0.05, 0.1) is 38.9 Å². The van der Waals surface area contributed by atoms with Gasteiger partial charge >= 0.3 is 5.97 Å². The highest BCUT2D eigenvalue weighted by Crippen LogP contribution is 2.55. The van der Waals surface area contributed by atoms with Crippen molar-refractivity contribution in [2.75, 3.05) is 26.2 Å². The first-order chi connectivity index (χ1) is 17.9. The molecule has 0 bridgehead atoms. The zero-order valence-electron chi connectivity index (χ0n) is 20.4. The van der Waals surface area contributed by atoms with Crippen molar-refractivity contribution in [3.8, 4) is 11.5 Å². The van der Waals surface area contributed by atoms with E-state index in [1.165, 1.54) is 45.6 Å². The van der Waals surface area contributed by atoms with Gasteiger partial charge in [-0.3, -0.25) is 14.9 Å². The topological polar surface area (TPSA) is 94.2 Å². The number of esters is 1. The minimum absolute atomic E-state index is 0.220. The average Bonchev–Trinajstić information content (AvgIpc) is 3.43. The third kappa shape index (κ3) is 3.65. The number of hydrogen-bond acceptors (Lipinski definition) is 7. The Hall–Kier alpha value is -4.24. The summed E-state index contributed by atoms with van der Waals surface area (Å²) in [6.07, 6.45) is 0. The van der Waals surface area contributed by atoms with Crippen molar-refractivity contribution >= 4 is 23.5 Å². The van der Waals surface area contributed by atoms with E-state index in [2.05, 4.69) is 5.32 Å². The van der Waals surface area contributed by atoms with Crippen molar-refractivity contribution in [1.82, 2.24) is 5.32 Å². The summed E-state index contributed by atoms with van der Waals surface area (Å²) in [6.45, 7) is 0. The number of carbonyl (C=O) groups is 3. The van der Waals surface area contributed by atoms with E-state index in [0.717, 1.165) is 4.90 Å². The number of imide groups is 1. The highest BCUT2D eigenvalue weighted by atomic mass is 19.1. The molecule has 2 heterocycles. The second kappa shape index (κ2) is 9.33. The number of benzene rings is 3. The van der Waals surface area contributed by atoms with E-state index in [-0.39, 0.29) is 5.69 Å². The predicted molar refractivity (Wildman–Crippen MR) is 131 cm³/mol. The lowest BCUT2D eigenvalue weighted by Crippen LogP contribution is -2.53. The van der Waals surface area contributed by atoms with Crippen LogP contribution in [0.25, 0.3) is 0 Å². The van der Waals surface area contributed by atoms with Crippen LogP contribution in [-0.2, 0) is 24.7 Å². The molecule has 0 aliphatic carbocycles. The number of ether oxygens (including phenoxy) is 3. The number of halogens is 1. The molecule has 2 fully saturated rings. The van der Waals surface area contributed by atoms with Gasteiger partial charge in [0.1, 0.15) is 17.3 Å². The number of nitrogens with zero attached hydrogens (tertiary/aromatic N) is 1. The molecule has 0 unspecified atom stereocenters. The fourth-order valence-corrected chi connectivity index (χ4v) is 5.53. The number of methoxy groups -OCH3 is 3. The molecular formula is C28H25FN2O6. The Kier molecular flexibility index (Phi) is 6.16. The quantitative estimate of drug-likeness (QED) is 0.406. The first kappa shape index (κ1) is 24.5. The number of fused-ring (bicyclic) bond motifs is 1. The Bertz CT molecular complexity index is 1360. The van der Waals surface area contributed by atoms with E-state index in [1.807, 2.05) is 0 Å². The molecule has 190 valence electrons. The summed E-state index contributed by atoms with van der Waals surface area (Å²) in [7, 11) is 4.25. The van der Waals surface area contributed by atoms with Gasteiger partial charge in [-0.2, -0.15) is 0 Å². The van der Waals surface area contributed by atoms with E-state index >= 15 is 0 Å². The maximum absolute atomic E-state index is 14.0. The second-order valence-electron chi connectivity index (χ2n) is 8.89. The monoisotopic (exact) mass is 504 g/mol. The Balaban J connectivity index is 1.74. The predicted octanol–water partition coefficient (Wildman–Crippen LogP) is 3.36. The summed E-state index contributed by atoms with van der Waals surface area (Å²) in [5.41, 5.74) is -0.397. The molecule has 0 saturated carbocycles. The Labute approximate surface area is 212 Å². The Morgan fingerprint density at radius 1 is 0.919 bits per heavy atom. The van der Waals surface area contributed by atoms with Gasteiger partial charge < -0.3 is 14.2 Å². The van der Waals surface area contributed by atoms with Crippen LogP contribution in [0, 0.1) is 17.7 Å². The maximum Gasteiger partial charge on any atom is 0.331 e. The van der Waals surface area contributed by atoms with Crippen LogP contribution < -0.4 is 19.7 Å². The molecule has 3 aromatic carbocycles. The van der Waals surface area contributed by atoms with Gasteiger partial charge in [-0.05, 0) is 35.9 Å². The molecule has 9 heteroatoms. The summed E-state index contributed by atoms with van der Waals surface area (Å²) in [5, 5.41) is 3.32. The fraction of sp³-hybridized carbons (Fsp3) is 0.250. The van der Waals surface area contributed by atoms with Crippen molar-refractivity contribution in [3.05, 3.63) is 89.7 Å². The standard InChI is InChI=1S/C28H25FN2O6/c1-35-19-13-14-20(21(15-19)36-2)24-22-23(26(33)31(25(22)32)18-11-9-17(29)10-12-18)28(30-24,27(34)37-3)16-7-5-4-6-8-16/h4-15,22-24,30H,1-3H3/t22-,23-,24+,28+/m0/s1. The van der Waals surface area contributed by atoms with Crippen LogP contribution in [-0.4, -0.2) is 39.1 Å². The molecule has 0 spiro atoms. The van der Waals surface area contributed by atoms with E-state index in [1.54, 1.807) is 48.5 Å². The molecule has 2 aliphatic heterocycles. The number of anilines is 1. The third-order valence-electron chi connectivity index (χ3n) is 7.16. The van der Waals surface area contributed by atoms with E-state index < -0.39 is 47.0 Å². The molecule has 8 nitrogen and oxygen atoms in total. The lowest BCUT2D eigenvalue weighted by molar-refractivity contribution is -0.152. The van der Waals surface area contributed by atoms with Crippen molar-refractivity contribution < 1.29 is 33.0 Å². The zero-order chi connectivity index (χ0) is 26.3. The van der Waals surface area contributed by atoms with Crippen LogP contribution in [0.5, 0.6) is 11.5 Å². The van der Waals surface area contributed by atoms with Crippen molar-refractivity contribution in [3.63, 3.8) is 0 Å². The summed E-state index contributed by atoms with van der Waals surface area (Å²) < 4.78 is 29.8. The van der Waals surface area contributed by atoms with E-state index in [4.69, 9.17) is 14.2 Å². The molecule has 2 amide bonds. The smallest absolute Gasteiger partial charge is 0.331 e. The minimum Gasteiger partial charge on any atom is -0.497 e. The fourth-order valence-electron chi connectivity index (χ4n) is 5.53. The maximum atomic E-state index is 14.0. The van der Waals surface area contributed by atoms with Crippen molar-refractivity contribution in [2.24, 2.45) is 11.8 Å². The van der Waals surface area contributed by atoms with Crippen LogP contribution in [0.2, 0.25) is 0 Å². The first-order valence-corrected chi connectivity index (χ1v) is 11.6. The van der Waals surface area contributed by atoms with Crippen molar-refractivity contribution in [1.29, 1.82) is 0 Å². The molecule has 0 aromatic heterocycles. The van der Waals surface area contributed by atoms with E-state index in [0.29, 0.717) is 22.6 Å². The normalized spacial score (nSPS) is 24.6. The van der Waals surface area contributed by atoms with Gasteiger partial charge in [0.2, 0.25) is 11.8 Å². The van der Waals surface area contributed by atoms with Crippen LogP contribution in [0.15, 0.2) is 72.8 Å². The number of nitrogens with one attached hydrogen (secondary N) is 1. The second-order valence-corrected chi connectivity index (χ2v) is 8.89. The number of carbonyl (C=O) groups excluding carboxylic acids is 3. The van der Waals surface area contributed by atoms with Gasteiger partial charge in [-0.15, -0.1) is 0 Å². The molecule has 2 aliphatic rings. The molecule has 2 saturated heterocycles. The van der Waals surface area contributed by atoms with E-state index in [9.17, 15) is 18.8 Å². The summed E-state index contributed by atoms with van der Waals surface area (Å²) in [6, 6.07) is 18.1. The largest absolute Gasteiger partial charge is 0.497 e. The van der Waals surface area contributed by atoms with Crippen molar-refractivity contribution in [2.45, 2.75) is 11.6 Å². The zero-order valence-corrected chi connectivity index (χ0v) is 20.4. The molecule has 4 atom stereocenters.